The van der Waals surface area contributed by atoms with E-state index >= 15 is 0 Å². The Labute approximate surface area is 239 Å². The number of ether oxygens (including phenoxy) is 2. The zero-order valence-corrected chi connectivity index (χ0v) is 22.8. The second-order valence-electron chi connectivity index (χ2n) is 8.55. The third kappa shape index (κ3) is 6.28. The summed E-state index contributed by atoms with van der Waals surface area (Å²) in [5.41, 5.74) is 1.82. The molecule has 0 radical (unpaired) electrons. The lowest BCUT2D eigenvalue weighted by atomic mass is 10.1. The van der Waals surface area contributed by atoms with Crippen LogP contribution in [-0.4, -0.2) is 47.6 Å². The molecule has 4 rings (SSSR count). The Hall–Kier alpha value is -4.74. The van der Waals surface area contributed by atoms with E-state index in [9.17, 15) is 24.3 Å². The average molecular weight is 580 g/mol. The van der Waals surface area contributed by atoms with Crippen LogP contribution in [0.2, 0.25) is 5.02 Å². The van der Waals surface area contributed by atoms with E-state index in [0.717, 1.165) is 10.5 Å². The first kappa shape index (κ1) is 28.3. The molecular formula is C28H22ClN3O7S. The summed E-state index contributed by atoms with van der Waals surface area (Å²) in [6.45, 7) is 1.58. The monoisotopic (exact) mass is 579 g/mol. The largest absolute Gasteiger partial charge is 0.493 e. The summed E-state index contributed by atoms with van der Waals surface area (Å²) in [7, 11) is 1.37. The van der Waals surface area contributed by atoms with Crippen molar-refractivity contribution >= 4 is 70.1 Å². The van der Waals surface area contributed by atoms with Gasteiger partial charge in [0.1, 0.15) is 5.57 Å². The minimum absolute atomic E-state index is 0.0600. The highest BCUT2D eigenvalue weighted by molar-refractivity contribution is 7.80. The summed E-state index contributed by atoms with van der Waals surface area (Å²) in [5, 5.41) is 14.3. The minimum atomic E-state index is -1.19. The van der Waals surface area contributed by atoms with Crippen LogP contribution in [0.25, 0.3) is 6.08 Å². The highest BCUT2D eigenvalue weighted by Crippen LogP contribution is 2.37. The first-order valence-corrected chi connectivity index (χ1v) is 12.5. The molecule has 0 atom stereocenters. The molecule has 3 aromatic carbocycles. The molecule has 1 heterocycles. The molecule has 3 aromatic rings. The predicted octanol–water partition coefficient (Wildman–Crippen LogP) is 4.20. The van der Waals surface area contributed by atoms with Crippen molar-refractivity contribution in [3.05, 3.63) is 87.9 Å². The number of aryl methyl sites for hydroxylation is 1. The molecule has 3 N–H and O–H groups in total. The van der Waals surface area contributed by atoms with Crippen LogP contribution in [0, 0.1) is 6.92 Å². The number of carboxylic acids is 1. The highest BCUT2D eigenvalue weighted by Gasteiger charge is 2.35. The van der Waals surface area contributed by atoms with Gasteiger partial charge in [0, 0.05) is 5.69 Å². The lowest BCUT2D eigenvalue weighted by molar-refractivity contribution is -0.122. The van der Waals surface area contributed by atoms with Gasteiger partial charge in [0.25, 0.3) is 17.7 Å². The molecule has 10 nitrogen and oxygen atoms in total. The Bertz CT molecular complexity index is 1570. The number of hydrogen-bond donors (Lipinski definition) is 3. The number of rotatable bonds is 8. The van der Waals surface area contributed by atoms with E-state index in [0.29, 0.717) is 11.3 Å². The maximum atomic E-state index is 13.3. The number of aromatic carboxylic acids is 1. The molecule has 40 heavy (non-hydrogen) atoms. The Kier molecular flexibility index (Phi) is 8.46. The maximum Gasteiger partial charge on any atom is 0.335 e. The number of carboxylic acid groups (broad SMARTS) is 1. The van der Waals surface area contributed by atoms with Gasteiger partial charge in [-0.25, -0.2) is 4.79 Å². The molecule has 204 valence electrons. The number of benzene rings is 3. The Balaban J connectivity index is 1.57. The van der Waals surface area contributed by atoms with E-state index in [2.05, 4.69) is 10.6 Å². The zero-order valence-electron chi connectivity index (χ0n) is 21.2. The zero-order chi connectivity index (χ0) is 29.0. The molecule has 0 unspecified atom stereocenters. The fourth-order valence-electron chi connectivity index (χ4n) is 3.77. The number of thiocarbonyl (C=S) groups is 1. The first-order valence-electron chi connectivity index (χ1n) is 11.7. The van der Waals surface area contributed by atoms with Crippen molar-refractivity contribution in [2.24, 2.45) is 0 Å². The molecule has 0 saturated carbocycles. The van der Waals surface area contributed by atoms with Crippen LogP contribution in [0.3, 0.4) is 0 Å². The number of hydrogen-bond acceptors (Lipinski definition) is 7. The summed E-state index contributed by atoms with van der Waals surface area (Å²) >= 11 is 11.6. The van der Waals surface area contributed by atoms with Gasteiger partial charge in [0.15, 0.2) is 23.2 Å². The van der Waals surface area contributed by atoms with Crippen LogP contribution in [-0.2, 0) is 14.4 Å². The second-order valence-corrected chi connectivity index (χ2v) is 9.34. The van der Waals surface area contributed by atoms with Gasteiger partial charge in [-0.1, -0.05) is 35.4 Å². The van der Waals surface area contributed by atoms with E-state index in [4.69, 9.17) is 33.3 Å². The number of nitrogens with one attached hydrogen (secondary N) is 2. The van der Waals surface area contributed by atoms with Crippen LogP contribution in [0.1, 0.15) is 21.5 Å². The number of anilines is 2. The van der Waals surface area contributed by atoms with Gasteiger partial charge in [-0.15, -0.1) is 0 Å². The van der Waals surface area contributed by atoms with Crippen molar-refractivity contribution in [1.29, 1.82) is 0 Å². The smallest absolute Gasteiger partial charge is 0.335 e. The summed E-state index contributed by atoms with van der Waals surface area (Å²) in [5.74, 6) is -2.86. The maximum absolute atomic E-state index is 13.3. The normalized spacial score (nSPS) is 14.1. The van der Waals surface area contributed by atoms with Gasteiger partial charge in [-0.05, 0) is 73.2 Å². The average Bonchev–Trinajstić information content (AvgIpc) is 2.91. The van der Waals surface area contributed by atoms with E-state index in [1.165, 1.54) is 49.6 Å². The fourth-order valence-corrected chi connectivity index (χ4v) is 4.33. The van der Waals surface area contributed by atoms with Crippen LogP contribution in [0.5, 0.6) is 11.5 Å². The molecule has 0 aliphatic carbocycles. The van der Waals surface area contributed by atoms with E-state index in [1.807, 2.05) is 19.1 Å². The number of methoxy groups -OCH3 is 1. The van der Waals surface area contributed by atoms with E-state index in [-0.39, 0.29) is 45.1 Å². The van der Waals surface area contributed by atoms with Crippen molar-refractivity contribution in [1.82, 2.24) is 5.32 Å². The SMILES string of the molecule is COc1cc(C=C2C(=O)NC(=S)N(c3cccc(C(=O)O)c3)C2=O)cc(Cl)c1OCC(=O)Nc1ccc(C)cc1. The number of carbonyl (C=O) groups excluding carboxylic acids is 3. The number of nitrogens with zero attached hydrogens (tertiary/aromatic N) is 1. The van der Waals surface area contributed by atoms with Crippen molar-refractivity contribution in [2.75, 3.05) is 23.9 Å². The lowest BCUT2D eigenvalue weighted by Crippen LogP contribution is -2.54. The lowest BCUT2D eigenvalue weighted by Gasteiger charge is -2.29. The minimum Gasteiger partial charge on any atom is -0.493 e. The Morgan fingerprint density at radius 3 is 2.52 bits per heavy atom. The van der Waals surface area contributed by atoms with Crippen molar-refractivity contribution in [3.63, 3.8) is 0 Å². The summed E-state index contributed by atoms with van der Waals surface area (Å²) in [6.07, 6.45) is 1.29. The van der Waals surface area contributed by atoms with Crippen molar-refractivity contribution < 1.29 is 33.8 Å². The topological polar surface area (TPSA) is 134 Å². The van der Waals surface area contributed by atoms with Gasteiger partial charge >= 0.3 is 5.97 Å². The third-order valence-electron chi connectivity index (χ3n) is 5.70. The van der Waals surface area contributed by atoms with Crippen molar-refractivity contribution in [3.8, 4) is 11.5 Å². The first-order chi connectivity index (χ1) is 19.1. The van der Waals surface area contributed by atoms with Crippen LogP contribution in [0.4, 0.5) is 11.4 Å². The van der Waals surface area contributed by atoms with Crippen LogP contribution < -0.4 is 25.0 Å². The molecule has 12 heteroatoms. The molecule has 3 amide bonds. The quantitative estimate of drug-likeness (QED) is 0.205. The number of amides is 3. The summed E-state index contributed by atoms with van der Waals surface area (Å²) < 4.78 is 11.0. The van der Waals surface area contributed by atoms with E-state index in [1.54, 1.807) is 12.1 Å². The van der Waals surface area contributed by atoms with Gasteiger partial charge in [-0.3, -0.25) is 24.6 Å². The van der Waals surface area contributed by atoms with Crippen molar-refractivity contribution in [2.45, 2.75) is 6.92 Å². The Morgan fingerprint density at radius 2 is 1.85 bits per heavy atom. The molecule has 1 aliphatic rings. The van der Waals surface area contributed by atoms with Gasteiger partial charge < -0.3 is 19.9 Å². The number of carbonyl (C=O) groups is 4. The molecular weight excluding hydrogens is 558 g/mol. The molecule has 0 bridgehead atoms. The summed E-state index contributed by atoms with van der Waals surface area (Å²) in [6, 6.07) is 15.8. The highest BCUT2D eigenvalue weighted by atomic mass is 35.5. The fraction of sp³-hybridized carbons (Fsp3) is 0.107. The Morgan fingerprint density at radius 1 is 1.12 bits per heavy atom. The van der Waals surface area contributed by atoms with Crippen LogP contribution in [0.15, 0.2) is 66.2 Å². The molecule has 1 saturated heterocycles. The second kappa shape index (κ2) is 12.0. The molecule has 1 fully saturated rings. The van der Waals surface area contributed by atoms with Gasteiger partial charge in [0.05, 0.1) is 23.4 Å². The predicted molar refractivity (Wildman–Crippen MR) is 153 cm³/mol. The summed E-state index contributed by atoms with van der Waals surface area (Å²) in [4.78, 5) is 50.8. The molecule has 1 aliphatic heterocycles. The van der Waals surface area contributed by atoms with Crippen LogP contribution >= 0.6 is 23.8 Å². The third-order valence-corrected chi connectivity index (χ3v) is 6.26. The van der Waals surface area contributed by atoms with Gasteiger partial charge in [0.2, 0.25) is 0 Å². The number of halogens is 1. The molecule has 0 spiro atoms. The standard InChI is InChI=1S/C28H22ClN3O7S/c1-15-6-8-18(9-7-15)30-23(33)14-39-24-21(29)11-16(12-22(24)38-2)10-20-25(34)31-28(40)32(26(20)35)19-5-3-4-17(13-19)27(36)37/h3-13H,14H2,1-2H3,(H,30,33)(H,36,37)(H,31,34,40). The van der Waals surface area contributed by atoms with Gasteiger partial charge in [-0.2, -0.15) is 0 Å². The molecule has 0 aromatic heterocycles. The van der Waals surface area contributed by atoms with E-state index < -0.39 is 23.7 Å².